The number of aryl methyl sites for hydroxylation is 1. The summed E-state index contributed by atoms with van der Waals surface area (Å²) < 4.78 is 38.3. The summed E-state index contributed by atoms with van der Waals surface area (Å²) >= 11 is 0. The third kappa shape index (κ3) is 4.97. The molecule has 3 amide bonds. The maximum atomic E-state index is 12.8. The van der Waals surface area contributed by atoms with E-state index in [-0.39, 0.29) is 11.6 Å². The third-order valence-corrected chi connectivity index (χ3v) is 4.74. The second-order valence-corrected chi connectivity index (χ2v) is 6.99. The molecule has 0 atom stereocenters. The van der Waals surface area contributed by atoms with E-state index in [1.165, 1.54) is 6.07 Å². The molecule has 1 heterocycles. The number of hydrogen-bond donors (Lipinski definition) is 2. The van der Waals surface area contributed by atoms with E-state index >= 15 is 0 Å². The molecular weight excluding hydrogens is 399 g/mol. The molecule has 9 heteroatoms. The van der Waals surface area contributed by atoms with Crippen LogP contribution in [0.1, 0.15) is 30.4 Å². The van der Waals surface area contributed by atoms with Gasteiger partial charge >= 0.3 is 18.0 Å². The van der Waals surface area contributed by atoms with Gasteiger partial charge in [0.2, 0.25) is 5.91 Å². The highest BCUT2D eigenvalue weighted by Crippen LogP contribution is 2.31. The number of rotatable bonds is 3. The van der Waals surface area contributed by atoms with E-state index in [9.17, 15) is 27.6 Å². The van der Waals surface area contributed by atoms with Crippen LogP contribution >= 0.6 is 0 Å². The largest absolute Gasteiger partial charge is 0.416 e. The molecule has 1 saturated heterocycles. The van der Waals surface area contributed by atoms with Crippen molar-refractivity contribution in [2.45, 2.75) is 32.4 Å². The second kappa shape index (κ2) is 8.56. The van der Waals surface area contributed by atoms with E-state index in [4.69, 9.17) is 0 Å². The Morgan fingerprint density at radius 2 is 1.63 bits per heavy atom. The Kier molecular flexibility index (Phi) is 6.09. The molecule has 0 bridgehead atoms. The van der Waals surface area contributed by atoms with Crippen molar-refractivity contribution in [3.8, 4) is 0 Å². The summed E-state index contributed by atoms with van der Waals surface area (Å²) in [5, 5.41) is 4.57. The minimum atomic E-state index is -4.56. The Morgan fingerprint density at radius 3 is 2.27 bits per heavy atom. The lowest BCUT2D eigenvalue weighted by Crippen LogP contribution is -2.35. The monoisotopic (exact) mass is 419 g/mol. The Labute approximate surface area is 171 Å². The van der Waals surface area contributed by atoms with Gasteiger partial charge in [-0.2, -0.15) is 13.2 Å². The lowest BCUT2D eigenvalue weighted by molar-refractivity contribution is -0.137. The Balaban J connectivity index is 1.71. The Morgan fingerprint density at radius 1 is 0.967 bits per heavy atom. The van der Waals surface area contributed by atoms with Gasteiger partial charge in [0, 0.05) is 30.0 Å². The van der Waals surface area contributed by atoms with Gasteiger partial charge < -0.3 is 15.5 Å². The smallest absolute Gasteiger partial charge is 0.318 e. The maximum absolute atomic E-state index is 12.8. The summed E-state index contributed by atoms with van der Waals surface area (Å²) in [4.78, 5) is 38.2. The maximum Gasteiger partial charge on any atom is 0.416 e. The highest BCUT2D eigenvalue weighted by molar-refractivity contribution is 6.43. The molecule has 2 N–H and O–H groups in total. The van der Waals surface area contributed by atoms with Crippen molar-refractivity contribution in [2.24, 2.45) is 0 Å². The van der Waals surface area contributed by atoms with Crippen LogP contribution in [0.25, 0.3) is 0 Å². The SMILES string of the molecule is Cc1ccc(NC(=O)C(=O)Nc2cccc(C(F)(F)F)c2)cc1N1CCCCC1=O. The van der Waals surface area contributed by atoms with Crippen molar-refractivity contribution in [1.29, 1.82) is 0 Å². The molecule has 1 aliphatic rings. The zero-order chi connectivity index (χ0) is 21.9. The summed E-state index contributed by atoms with van der Waals surface area (Å²) in [6.07, 6.45) is -2.40. The van der Waals surface area contributed by atoms with Crippen molar-refractivity contribution in [3.63, 3.8) is 0 Å². The van der Waals surface area contributed by atoms with Gasteiger partial charge in [-0.15, -0.1) is 0 Å². The summed E-state index contributed by atoms with van der Waals surface area (Å²) in [5.74, 6) is -2.15. The number of carbonyl (C=O) groups excluding carboxylic acids is 3. The molecular formula is C21H20F3N3O3. The number of halogens is 3. The number of alkyl halides is 3. The quantitative estimate of drug-likeness (QED) is 0.735. The molecule has 0 aliphatic carbocycles. The minimum Gasteiger partial charge on any atom is -0.318 e. The normalized spacial score (nSPS) is 14.4. The molecule has 0 aromatic heterocycles. The molecule has 1 fully saturated rings. The van der Waals surface area contributed by atoms with Crippen LogP contribution in [-0.2, 0) is 20.6 Å². The van der Waals surface area contributed by atoms with Gasteiger partial charge in [0.15, 0.2) is 0 Å². The first-order valence-electron chi connectivity index (χ1n) is 9.36. The summed E-state index contributed by atoms with van der Waals surface area (Å²) in [6.45, 7) is 2.41. The van der Waals surface area contributed by atoms with Crippen LogP contribution in [0.4, 0.5) is 30.2 Å². The van der Waals surface area contributed by atoms with Crippen molar-refractivity contribution < 1.29 is 27.6 Å². The van der Waals surface area contributed by atoms with E-state index in [0.717, 1.165) is 36.6 Å². The van der Waals surface area contributed by atoms with Gasteiger partial charge in [0.1, 0.15) is 0 Å². The molecule has 3 rings (SSSR count). The summed E-state index contributed by atoms with van der Waals surface area (Å²) in [7, 11) is 0. The molecule has 0 radical (unpaired) electrons. The predicted octanol–water partition coefficient (Wildman–Crippen LogP) is 4.11. The number of carbonyl (C=O) groups is 3. The lowest BCUT2D eigenvalue weighted by atomic mass is 10.1. The number of hydrogen-bond acceptors (Lipinski definition) is 3. The highest BCUT2D eigenvalue weighted by Gasteiger charge is 2.30. The van der Waals surface area contributed by atoms with E-state index in [2.05, 4.69) is 10.6 Å². The van der Waals surface area contributed by atoms with Crippen molar-refractivity contribution in [2.75, 3.05) is 22.1 Å². The summed E-state index contributed by atoms with van der Waals surface area (Å²) in [5.41, 5.74) is 0.717. The average molecular weight is 419 g/mol. The van der Waals surface area contributed by atoms with Gasteiger partial charge in [-0.25, -0.2) is 0 Å². The van der Waals surface area contributed by atoms with Gasteiger partial charge in [0.05, 0.1) is 5.56 Å². The van der Waals surface area contributed by atoms with E-state index in [0.29, 0.717) is 24.3 Å². The molecule has 6 nitrogen and oxygen atoms in total. The Hall–Kier alpha value is -3.36. The fraction of sp³-hybridized carbons (Fsp3) is 0.286. The van der Waals surface area contributed by atoms with Crippen molar-refractivity contribution >= 4 is 34.8 Å². The van der Waals surface area contributed by atoms with Crippen LogP contribution in [0.15, 0.2) is 42.5 Å². The lowest BCUT2D eigenvalue weighted by Gasteiger charge is -2.28. The summed E-state index contributed by atoms with van der Waals surface area (Å²) in [6, 6.07) is 8.92. The zero-order valence-electron chi connectivity index (χ0n) is 16.2. The third-order valence-electron chi connectivity index (χ3n) is 4.74. The minimum absolute atomic E-state index is 0.00452. The van der Waals surface area contributed by atoms with Crippen molar-refractivity contribution in [1.82, 2.24) is 0 Å². The molecule has 2 aromatic rings. The standard InChI is InChI=1S/C21H20F3N3O3/c1-13-8-9-16(12-17(13)27-10-3-2-7-18(27)28)26-20(30)19(29)25-15-6-4-5-14(11-15)21(22,23)24/h4-6,8-9,11-12H,2-3,7,10H2,1H3,(H,25,29)(H,26,30). The van der Waals surface area contributed by atoms with E-state index in [1.54, 1.807) is 23.1 Å². The molecule has 158 valence electrons. The number of nitrogens with one attached hydrogen (secondary N) is 2. The molecule has 0 spiro atoms. The number of anilines is 3. The van der Waals surface area contributed by atoms with Gasteiger partial charge in [-0.1, -0.05) is 12.1 Å². The van der Waals surface area contributed by atoms with E-state index in [1.807, 2.05) is 6.92 Å². The van der Waals surface area contributed by atoms with Crippen LogP contribution in [0.5, 0.6) is 0 Å². The molecule has 0 unspecified atom stereocenters. The number of benzene rings is 2. The van der Waals surface area contributed by atoms with Gasteiger partial charge in [-0.05, 0) is 55.7 Å². The van der Waals surface area contributed by atoms with Crippen LogP contribution < -0.4 is 15.5 Å². The van der Waals surface area contributed by atoms with Gasteiger partial charge in [0.25, 0.3) is 0 Å². The average Bonchev–Trinajstić information content (AvgIpc) is 2.69. The highest BCUT2D eigenvalue weighted by atomic mass is 19.4. The van der Waals surface area contributed by atoms with E-state index < -0.39 is 23.6 Å². The second-order valence-electron chi connectivity index (χ2n) is 6.99. The fourth-order valence-corrected chi connectivity index (χ4v) is 3.19. The topological polar surface area (TPSA) is 78.5 Å². The molecule has 0 saturated carbocycles. The number of nitrogens with zero attached hydrogens (tertiary/aromatic N) is 1. The zero-order valence-corrected chi connectivity index (χ0v) is 16.2. The van der Waals surface area contributed by atoms with Crippen LogP contribution in [0.2, 0.25) is 0 Å². The molecule has 2 aromatic carbocycles. The first-order chi connectivity index (χ1) is 14.1. The van der Waals surface area contributed by atoms with Crippen molar-refractivity contribution in [3.05, 3.63) is 53.6 Å². The number of amides is 3. The first-order valence-corrected chi connectivity index (χ1v) is 9.36. The van der Waals surface area contributed by atoms with Crippen LogP contribution in [-0.4, -0.2) is 24.3 Å². The molecule has 30 heavy (non-hydrogen) atoms. The fourth-order valence-electron chi connectivity index (χ4n) is 3.19. The van der Waals surface area contributed by atoms with Gasteiger partial charge in [-0.3, -0.25) is 14.4 Å². The predicted molar refractivity (Wildman–Crippen MR) is 106 cm³/mol. The number of piperidine rings is 1. The van der Waals surface area contributed by atoms with Crippen LogP contribution in [0.3, 0.4) is 0 Å². The van der Waals surface area contributed by atoms with Crippen LogP contribution in [0, 0.1) is 6.92 Å². The first kappa shape index (κ1) is 21.4. The Bertz CT molecular complexity index is 989. The molecule has 1 aliphatic heterocycles.